The molecule has 2 aromatic carbocycles. The van der Waals surface area contributed by atoms with Crippen LogP contribution in [0.15, 0.2) is 42.5 Å². The van der Waals surface area contributed by atoms with Gasteiger partial charge in [0.15, 0.2) is 5.78 Å². The molecular weight excluding hydrogens is 366 g/mol. The van der Waals surface area contributed by atoms with Gasteiger partial charge >= 0.3 is 0 Å². The first-order valence-electron chi connectivity index (χ1n) is 5.29. The molecule has 0 bridgehead atoms. The fraction of sp³-hybridized carbons (Fsp3) is 0.0714. The Morgan fingerprint density at radius 1 is 1.22 bits per heavy atom. The van der Waals surface area contributed by atoms with E-state index in [1.54, 1.807) is 6.07 Å². The molecule has 0 saturated heterocycles. The summed E-state index contributed by atoms with van der Waals surface area (Å²) in [5.74, 6) is -0.447. The minimum absolute atomic E-state index is 0.0625. The number of carbonyl (C=O) groups excluding carboxylic acids is 1. The molecule has 92 valence electrons. The summed E-state index contributed by atoms with van der Waals surface area (Å²) >= 11 is 8.05. The number of hydrogen-bond donors (Lipinski definition) is 0. The van der Waals surface area contributed by atoms with Crippen LogP contribution < -0.4 is 0 Å². The standard InChI is InChI=1S/C14H9ClFIO/c15-12-6-5-10(16)7-9(12)8-14(18)11-3-1-2-4-13(11)17/h1-7H,8H2. The molecule has 0 N–H and O–H groups in total. The average Bonchev–Trinajstić information content (AvgIpc) is 2.34. The van der Waals surface area contributed by atoms with Gasteiger partial charge in [0.05, 0.1) is 0 Å². The van der Waals surface area contributed by atoms with Crippen LogP contribution in [0.5, 0.6) is 0 Å². The number of carbonyl (C=O) groups is 1. The van der Waals surface area contributed by atoms with Crippen molar-refractivity contribution in [3.8, 4) is 0 Å². The monoisotopic (exact) mass is 374 g/mol. The molecule has 2 aromatic rings. The van der Waals surface area contributed by atoms with Crippen molar-refractivity contribution in [2.45, 2.75) is 6.42 Å². The van der Waals surface area contributed by atoms with E-state index in [2.05, 4.69) is 22.6 Å². The Labute approximate surface area is 123 Å². The predicted molar refractivity (Wildman–Crippen MR) is 78.6 cm³/mol. The Morgan fingerprint density at radius 3 is 2.67 bits per heavy atom. The lowest BCUT2D eigenvalue weighted by Gasteiger charge is -2.05. The maximum Gasteiger partial charge on any atom is 0.168 e. The van der Waals surface area contributed by atoms with Crippen LogP contribution in [-0.4, -0.2) is 5.78 Å². The Kier molecular flexibility index (Phi) is 4.35. The number of Topliss-reactive ketones (excluding diaryl/α,β-unsaturated/α-hetero) is 1. The van der Waals surface area contributed by atoms with E-state index in [4.69, 9.17) is 11.6 Å². The van der Waals surface area contributed by atoms with Crippen molar-refractivity contribution in [1.82, 2.24) is 0 Å². The van der Waals surface area contributed by atoms with Crippen LogP contribution in [0.4, 0.5) is 4.39 Å². The van der Waals surface area contributed by atoms with E-state index in [0.717, 1.165) is 3.57 Å². The second-order valence-corrected chi connectivity index (χ2v) is 5.38. The Bertz CT molecular complexity index is 598. The third-order valence-corrected chi connectivity index (χ3v) is 3.84. The molecule has 0 amide bonds. The number of benzene rings is 2. The van der Waals surface area contributed by atoms with Crippen LogP contribution in [0.3, 0.4) is 0 Å². The molecule has 18 heavy (non-hydrogen) atoms. The molecule has 0 heterocycles. The second kappa shape index (κ2) is 5.80. The molecule has 0 aliphatic heterocycles. The van der Waals surface area contributed by atoms with Gasteiger partial charge in [0.25, 0.3) is 0 Å². The van der Waals surface area contributed by atoms with Gasteiger partial charge in [0, 0.05) is 20.6 Å². The smallest absolute Gasteiger partial charge is 0.168 e. The summed E-state index contributed by atoms with van der Waals surface area (Å²) in [5.41, 5.74) is 1.15. The average molecular weight is 375 g/mol. The Balaban J connectivity index is 2.27. The van der Waals surface area contributed by atoms with Crippen LogP contribution in [0.2, 0.25) is 5.02 Å². The molecule has 0 unspecified atom stereocenters. The van der Waals surface area contributed by atoms with Crippen molar-refractivity contribution in [1.29, 1.82) is 0 Å². The van der Waals surface area contributed by atoms with Gasteiger partial charge in [-0.25, -0.2) is 4.39 Å². The first-order valence-corrected chi connectivity index (χ1v) is 6.75. The summed E-state index contributed by atoms with van der Waals surface area (Å²) in [5, 5.41) is 0.413. The summed E-state index contributed by atoms with van der Waals surface area (Å²) in [6.45, 7) is 0. The first-order chi connectivity index (χ1) is 8.58. The Hall–Kier alpha value is -0.940. The fourth-order valence-corrected chi connectivity index (χ4v) is 2.51. The van der Waals surface area contributed by atoms with Crippen LogP contribution in [-0.2, 0) is 6.42 Å². The zero-order valence-electron chi connectivity index (χ0n) is 9.29. The summed E-state index contributed by atoms with van der Waals surface area (Å²) in [6.07, 6.45) is 0.108. The number of rotatable bonds is 3. The first kappa shape index (κ1) is 13.5. The third-order valence-electron chi connectivity index (χ3n) is 2.53. The molecule has 2 rings (SSSR count). The molecule has 0 fully saturated rings. The topological polar surface area (TPSA) is 17.1 Å². The zero-order chi connectivity index (χ0) is 13.1. The van der Waals surface area contributed by atoms with E-state index in [1.807, 2.05) is 18.2 Å². The third kappa shape index (κ3) is 3.09. The van der Waals surface area contributed by atoms with Gasteiger partial charge in [0.2, 0.25) is 0 Å². The molecule has 0 saturated carbocycles. The zero-order valence-corrected chi connectivity index (χ0v) is 12.2. The van der Waals surface area contributed by atoms with E-state index in [-0.39, 0.29) is 18.0 Å². The molecule has 0 aliphatic carbocycles. The van der Waals surface area contributed by atoms with Gasteiger partial charge in [-0.3, -0.25) is 4.79 Å². The lowest BCUT2D eigenvalue weighted by atomic mass is 10.0. The van der Waals surface area contributed by atoms with Gasteiger partial charge in [-0.2, -0.15) is 0 Å². The number of ketones is 1. The maximum atomic E-state index is 13.1. The largest absolute Gasteiger partial charge is 0.294 e. The van der Waals surface area contributed by atoms with Crippen molar-refractivity contribution >= 4 is 40.0 Å². The molecule has 0 radical (unpaired) electrons. The van der Waals surface area contributed by atoms with E-state index in [1.165, 1.54) is 18.2 Å². The highest BCUT2D eigenvalue weighted by Crippen LogP contribution is 2.20. The van der Waals surface area contributed by atoms with Crippen molar-refractivity contribution < 1.29 is 9.18 Å². The fourth-order valence-electron chi connectivity index (χ4n) is 1.63. The van der Waals surface area contributed by atoms with Crippen molar-refractivity contribution in [3.63, 3.8) is 0 Å². The molecular formula is C14H9ClFIO. The van der Waals surface area contributed by atoms with Crippen LogP contribution in [0, 0.1) is 9.39 Å². The highest BCUT2D eigenvalue weighted by molar-refractivity contribution is 14.1. The highest BCUT2D eigenvalue weighted by Gasteiger charge is 2.12. The quantitative estimate of drug-likeness (QED) is 0.571. The van der Waals surface area contributed by atoms with E-state index >= 15 is 0 Å². The van der Waals surface area contributed by atoms with Crippen molar-refractivity contribution in [2.75, 3.05) is 0 Å². The molecule has 0 atom stereocenters. The number of halogens is 3. The van der Waals surface area contributed by atoms with Gasteiger partial charge in [-0.15, -0.1) is 0 Å². The summed E-state index contributed by atoms with van der Waals surface area (Å²) in [7, 11) is 0. The SMILES string of the molecule is O=C(Cc1cc(F)ccc1Cl)c1ccccc1I. The van der Waals surface area contributed by atoms with Gasteiger partial charge in [-0.1, -0.05) is 29.8 Å². The van der Waals surface area contributed by atoms with Crippen LogP contribution in [0.1, 0.15) is 15.9 Å². The second-order valence-electron chi connectivity index (χ2n) is 3.82. The summed E-state index contributed by atoms with van der Waals surface area (Å²) in [4.78, 5) is 12.1. The highest BCUT2D eigenvalue weighted by atomic mass is 127. The molecule has 0 spiro atoms. The lowest BCUT2D eigenvalue weighted by molar-refractivity contribution is 0.0992. The van der Waals surface area contributed by atoms with Gasteiger partial charge in [-0.05, 0) is 52.4 Å². The van der Waals surface area contributed by atoms with Gasteiger partial charge in [0.1, 0.15) is 5.82 Å². The number of hydrogen-bond acceptors (Lipinski definition) is 1. The van der Waals surface area contributed by atoms with Gasteiger partial charge < -0.3 is 0 Å². The summed E-state index contributed by atoms with van der Waals surface area (Å²) in [6, 6.07) is 11.3. The van der Waals surface area contributed by atoms with E-state index < -0.39 is 0 Å². The Morgan fingerprint density at radius 2 is 1.94 bits per heavy atom. The molecule has 0 aromatic heterocycles. The minimum Gasteiger partial charge on any atom is -0.294 e. The molecule has 4 heteroatoms. The maximum absolute atomic E-state index is 13.1. The molecule has 0 aliphatic rings. The summed E-state index contributed by atoms with van der Waals surface area (Å²) < 4.78 is 14.0. The van der Waals surface area contributed by atoms with Crippen molar-refractivity contribution in [2.24, 2.45) is 0 Å². The van der Waals surface area contributed by atoms with Crippen LogP contribution >= 0.6 is 34.2 Å². The normalized spacial score (nSPS) is 10.4. The minimum atomic E-state index is -0.384. The van der Waals surface area contributed by atoms with Crippen LogP contribution in [0.25, 0.3) is 0 Å². The lowest BCUT2D eigenvalue weighted by Crippen LogP contribution is -2.06. The predicted octanol–water partition coefficient (Wildman–Crippen LogP) is 4.51. The van der Waals surface area contributed by atoms with E-state index in [0.29, 0.717) is 16.1 Å². The van der Waals surface area contributed by atoms with E-state index in [9.17, 15) is 9.18 Å². The van der Waals surface area contributed by atoms with Crippen molar-refractivity contribution in [3.05, 3.63) is 68.0 Å². The molecule has 1 nitrogen and oxygen atoms in total.